The molecule has 0 aliphatic heterocycles. The van der Waals surface area contributed by atoms with Crippen LogP contribution >= 0.6 is 0 Å². The van der Waals surface area contributed by atoms with E-state index >= 15 is 0 Å². The molecule has 0 atom stereocenters. The molecule has 3 rings (SSSR count). The number of hydrogen-bond donors (Lipinski definition) is 1. The maximum atomic E-state index is 10.6. The van der Waals surface area contributed by atoms with E-state index in [4.69, 9.17) is 0 Å². The van der Waals surface area contributed by atoms with Crippen LogP contribution in [0.4, 0.5) is 11.5 Å². The van der Waals surface area contributed by atoms with Crippen LogP contribution in [0, 0.1) is 10.1 Å². The van der Waals surface area contributed by atoms with Crippen molar-refractivity contribution in [2.75, 3.05) is 11.9 Å². The molecule has 9 heteroatoms. The highest BCUT2D eigenvalue weighted by Crippen LogP contribution is 2.18. The van der Waals surface area contributed by atoms with Gasteiger partial charge in [-0.05, 0) is 12.5 Å². The van der Waals surface area contributed by atoms with Crippen molar-refractivity contribution in [3.05, 3.63) is 65.1 Å². The number of pyridine rings is 1. The Morgan fingerprint density at radius 1 is 1.04 bits per heavy atom. The molecule has 0 unspecified atom stereocenters. The molecule has 0 spiro atoms. The van der Waals surface area contributed by atoms with Gasteiger partial charge in [0.25, 0.3) is 5.69 Å². The second-order valence-electron chi connectivity index (χ2n) is 4.82. The first-order valence-corrected chi connectivity index (χ1v) is 7.13. The quantitative estimate of drug-likeness (QED) is 0.539. The Bertz CT molecular complexity index is 825. The molecule has 3 heterocycles. The summed E-state index contributed by atoms with van der Waals surface area (Å²) in [5.74, 6) is 0.568. The molecule has 24 heavy (non-hydrogen) atoms. The second-order valence-corrected chi connectivity index (χ2v) is 4.82. The molecule has 0 bridgehead atoms. The summed E-state index contributed by atoms with van der Waals surface area (Å²) >= 11 is 0. The Labute approximate surface area is 137 Å². The van der Waals surface area contributed by atoms with Crippen molar-refractivity contribution >= 4 is 11.5 Å². The smallest absolute Gasteiger partial charge is 0.287 e. The third-order valence-electron chi connectivity index (χ3n) is 3.25. The zero-order valence-corrected chi connectivity index (χ0v) is 12.5. The summed E-state index contributed by atoms with van der Waals surface area (Å²) < 4.78 is 0. The van der Waals surface area contributed by atoms with Crippen LogP contribution in [-0.4, -0.2) is 36.4 Å². The predicted molar refractivity (Wildman–Crippen MR) is 86.1 cm³/mol. The summed E-state index contributed by atoms with van der Waals surface area (Å²) in [6.07, 6.45) is 9.94. The van der Waals surface area contributed by atoms with Gasteiger partial charge in [-0.1, -0.05) is 0 Å². The van der Waals surface area contributed by atoms with Gasteiger partial charge in [0.1, 0.15) is 24.0 Å². The van der Waals surface area contributed by atoms with Crippen molar-refractivity contribution in [3.63, 3.8) is 0 Å². The fourth-order valence-electron chi connectivity index (χ4n) is 2.12. The van der Waals surface area contributed by atoms with Gasteiger partial charge in [0.2, 0.25) is 0 Å². The van der Waals surface area contributed by atoms with Crippen molar-refractivity contribution in [2.45, 2.75) is 6.42 Å². The Morgan fingerprint density at radius 2 is 1.96 bits per heavy atom. The van der Waals surface area contributed by atoms with Crippen LogP contribution in [-0.2, 0) is 6.42 Å². The lowest BCUT2D eigenvalue weighted by molar-refractivity contribution is -0.385. The van der Waals surface area contributed by atoms with Crippen LogP contribution in [0.5, 0.6) is 0 Å². The van der Waals surface area contributed by atoms with Crippen molar-refractivity contribution in [3.8, 4) is 11.4 Å². The first-order chi connectivity index (χ1) is 11.7. The third kappa shape index (κ3) is 3.64. The molecule has 0 aliphatic carbocycles. The number of anilines is 1. The van der Waals surface area contributed by atoms with Gasteiger partial charge >= 0.3 is 0 Å². The normalized spacial score (nSPS) is 10.3. The van der Waals surface area contributed by atoms with E-state index in [0.29, 0.717) is 24.5 Å². The second kappa shape index (κ2) is 7.18. The molecule has 9 nitrogen and oxygen atoms in total. The molecule has 0 amide bonds. The van der Waals surface area contributed by atoms with Gasteiger partial charge in [-0.2, -0.15) is 0 Å². The summed E-state index contributed by atoms with van der Waals surface area (Å²) in [6, 6.07) is 2.98. The summed E-state index contributed by atoms with van der Waals surface area (Å²) in [7, 11) is 0. The van der Waals surface area contributed by atoms with Crippen LogP contribution < -0.4 is 5.32 Å². The lowest BCUT2D eigenvalue weighted by atomic mass is 10.1. The number of aromatic nitrogens is 5. The topological polar surface area (TPSA) is 120 Å². The molecule has 0 saturated heterocycles. The number of nitro groups is 1. The predicted octanol–water partition coefficient (Wildman–Crippen LogP) is 1.89. The minimum Gasteiger partial charge on any atom is -0.370 e. The molecule has 3 aromatic rings. The highest BCUT2D eigenvalue weighted by atomic mass is 16.6. The van der Waals surface area contributed by atoms with E-state index in [9.17, 15) is 10.1 Å². The van der Waals surface area contributed by atoms with Crippen LogP contribution in [0.3, 0.4) is 0 Å². The van der Waals surface area contributed by atoms with E-state index in [1.165, 1.54) is 18.6 Å². The zero-order chi connectivity index (χ0) is 16.8. The fraction of sp³-hybridized carbons (Fsp3) is 0.133. The molecule has 120 valence electrons. The number of nitrogens with zero attached hydrogens (tertiary/aromatic N) is 6. The van der Waals surface area contributed by atoms with Crippen molar-refractivity contribution in [1.82, 2.24) is 24.9 Å². The average molecular weight is 323 g/mol. The molecular formula is C15H13N7O2. The Balaban J connectivity index is 1.66. The van der Waals surface area contributed by atoms with E-state index < -0.39 is 4.92 Å². The lowest BCUT2D eigenvalue weighted by Gasteiger charge is -2.08. The summed E-state index contributed by atoms with van der Waals surface area (Å²) in [6.45, 7) is 0.575. The SMILES string of the molecule is O=[N+]([O-])c1ccc(NCCc2cncnc2-c2cnccn2)nc1. The van der Waals surface area contributed by atoms with E-state index in [2.05, 4.69) is 30.2 Å². The maximum absolute atomic E-state index is 10.6. The van der Waals surface area contributed by atoms with Gasteiger partial charge in [-0.3, -0.25) is 20.1 Å². The molecule has 1 N–H and O–H groups in total. The molecule has 0 aliphatic rings. The Morgan fingerprint density at radius 3 is 2.67 bits per heavy atom. The van der Waals surface area contributed by atoms with Crippen LogP contribution in [0.1, 0.15) is 5.56 Å². The van der Waals surface area contributed by atoms with Crippen molar-refractivity contribution in [2.24, 2.45) is 0 Å². The van der Waals surface area contributed by atoms with E-state index in [0.717, 1.165) is 11.3 Å². The number of nitrogens with one attached hydrogen (secondary N) is 1. The summed E-state index contributed by atoms with van der Waals surface area (Å²) in [5, 5.41) is 13.7. The molecule has 0 aromatic carbocycles. The van der Waals surface area contributed by atoms with E-state index in [1.807, 2.05) is 0 Å². The number of hydrogen-bond acceptors (Lipinski definition) is 8. The molecular weight excluding hydrogens is 310 g/mol. The first-order valence-electron chi connectivity index (χ1n) is 7.13. The van der Waals surface area contributed by atoms with E-state index in [1.54, 1.807) is 30.9 Å². The number of rotatable bonds is 6. The van der Waals surface area contributed by atoms with Gasteiger partial charge in [-0.25, -0.2) is 15.0 Å². The molecule has 0 fully saturated rings. The first kappa shape index (κ1) is 15.4. The summed E-state index contributed by atoms with van der Waals surface area (Å²) in [5.41, 5.74) is 2.30. The molecule has 3 aromatic heterocycles. The Kier molecular flexibility index (Phi) is 4.61. The minimum absolute atomic E-state index is 0.0399. The molecule has 0 radical (unpaired) electrons. The zero-order valence-electron chi connectivity index (χ0n) is 12.5. The fourth-order valence-corrected chi connectivity index (χ4v) is 2.12. The van der Waals surface area contributed by atoms with Crippen LogP contribution in [0.15, 0.2) is 49.4 Å². The van der Waals surface area contributed by atoms with Crippen LogP contribution in [0.2, 0.25) is 0 Å². The Hall–Kier alpha value is -3.49. The highest BCUT2D eigenvalue weighted by Gasteiger charge is 2.09. The largest absolute Gasteiger partial charge is 0.370 e. The average Bonchev–Trinajstić information content (AvgIpc) is 2.63. The van der Waals surface area contributed by atoms with Gasteiger partial charge in [0.05, 0.1) is 16.8 Å². The minimum atomic E-state index is -0.481. The third-order valence-corrected chi connectivity index (χ3v) is 3.25. The van der Waals surface area contributed by atoms with Crippen molar-refractivity contribution in [1.29, 1.82) is 0 Å². The standard InChI is InChI=1S/C15H13N7O2/c23-22(24)12-1-2-14(20-8-12)19-4-3-11-7-17-10-21-15(11)13-9-16-5-6-18-13/h1-2,5-10H,3-4H2,(H,19,20). The monoisotopic (exact) mass is 323 g/mol. The lowest BCUT2D eigenvalue weighted by Crippen LogP contribution is -2.08. The molecule has 0 saturated carbocycles. The highest BCUT2D eigenvalue weighted by molar-refractivity contribution is 5.56. The van der Waals surface area contributed by atoms with E-state index in [-0.39, 0.29) is 5.69 Å². The van der Waals surface area contributed by atoms with Gasteiger partial charge in [0.15, 0.2) is 0 Å². The van der Waals surface area contributed by atoms with Crippen LogP contribution in [0.25, 0.3) is 11.4 Å². The van der Waals surface area contributed by atoms with Gasteiger partial charge < -0.3 is 5.32 Å². The van der Waals surface area contributed by atoms with Crippen molar-refractivity contribution < 1.29 is 4.92 Å². The van der Waals surface area contributed by atoms with Gasteiger partial charge in [-0.15, -0.1) is 0 Å². The van der Waals surface area contributed by atoms with Gasteiger partial charge in [0, 0.05) is 36.8 Å². The summed E-state index contributed by atoms with van der Waals surface area (Å²) in [4.78, 5) is 30.8. The maximum Gasteiger partial charge on any atom is 0.287 e.